The molecule has 3 rings (SSSR count). The summed E-state index contributed by atoms with van der Waals surface area (Å²) in [6.45, 7) is 1.01. The Bertz CT molecular complexity index is 551. The number of pyridine rings is 1. The van der Waals surface area contributed by atoms with E-state index < -0.39 is 0 Å². The maximum Gasteiger partial charge on any atom is 0.147 e. The molecule has 3 nitrogen and oxygen atoms in total. The molecule has 0 spiro atoms. The molecule has 1 aliphatic rings. The van der Waals surface area contributed by atoms with Crippen molar-refractivity contribution in [1.82, 2.24) is 4.98 Å². The Morgan fingerprint density at radius 2 is 1.83 bits per heavy atom. The number of fused-ring (bicyclic) bond motifs is 1. The summed E-state index contributed by atoms with van der Waals surface area (Å²) in [6, 6.07) is 12.6. The van der Waals surface area contributed by atoms with Crippen molar-refractivity contribution in [2.45, 2.75) is 19.3 Å². The lowest BCUT2D eigenvalue weighted by molar-refractivity contribution is 0.761. The third kappa shape index (κ3) is 1.92. The fraction of sp³-hybridized carbons (Fsp3) is 0.267. The van der Waals surface area contributed by atoms with E-state index in [0.29, 0.717) is 5.82 Å². The van der Waals surface area contributed by atoms with E-state index >= 15 is 0 Å². The lowest BCUT2D eigenvalue weighted by Crippen LogP contribution is -2.19. The zero-order valence-electron chi connectivity index (χ0n) is 10.3. The predicted octanol–water partition coefficient (Wildman–Crippen LogP) is 3.14. The monoisotopic (exact) mass is 239 g/mol. The van der Waals surface area contributed by atoms with Crippen LogP contribution >= 0.6 is 0 Å². The number of nitrogens with zero attached hydrogens (tertiary/aromatic N) is 2. The Hall–Kier alpha value is -2.03. The zero-order chi connectivity index (χ0) is 12.4. The van der Waals surface area contributed by atoms with Crippen LogP contribution in [0.3, 0.4) is 0 Å². The van der Waals surface area contributed by atoms with Crippen LogP contribution in [0.15, 0.2) is 42.6 Å². The fourth-order valence-corrected chi connectivity index (χ4v) is 2.58. The molecule has 2 N–H and O–H groups in total. The summed E-state index contributed by atoms with van der Waals surface area (Å²) >= 11 is 0. The largest absolute Gasteiger partial charge is 0.382 e. The standard InChI is InChI=1S/C15H17N3/c16-15-14(9-5-10-17-15)18-11-4-3-7-12-6-1-2-8-13(12)18/h1-2,5-6,8-10H,3-4,7,11H2,(H2,16,17). The first-order valence-electron chi connectivity index (χ1n) is 6.42. The van der Waals surface area contributed by atoms with Crippen LogP contribution in [0.2, 0.25) is 0 Å². The van der Waals surface area contributed by atoms with Gasteiger partial charge in [-0.3, -0.25) is 0 Å². The van der Waals surface area contributed by atoms with Gasteiger partial charge >= 0.3 is 0 Å². The van der Waals surface area contributed by atoms with E-state index in [-0.39, 0.29) is 0 Å². The zero-order valence-corrected chi connectivity index (χ0v) is 10.3. The van der Waals surface area contributed by atoms with Gasteiger partial charge in [-0.2, -0.15) is 0 Å². The number of rotatable bonds is 1. The second-order valence-electron chi connectivity index (χ2n) is 4.65. The van der Waals surface area contributed by atoms with Crippen LogP contribution in [-0.4, -0.2) is 11.5 Å². The van der Waals surface area contributed by atoms with E-state index in [1.807, 2.05) is 12.1 Å². The Labute approximate surface area is 107 Å². The molecule has 1 aliphatic heterocycles. The van der Waals surface area contributed by atoms with Crippen molar-refractivity contribution >= 4 is 17.2 Å². The van der Waals surface area contributed by atoms with Crippen molar-refractivity contribution in [3.05, 3.63) is 48.2 Å². The molecule has 0 saturated carbocycles. The quantitative estimate of drug-likeness (QED) is 0.831. The van der Waals surface area contributed by atoms with Gasteiger partial charge in [-0.05, 0) is 43.0 Å². The van der Waals surface area contributed by atoms with Crippen molar-refractivity contribution in [2.75, 3.05) is 17.2 Å². The first-order chi connectivity index (χ1) is 8.86. The topological polar surface area (TPSA) is 42.1 Å². The molecule has 0 aliphatic carbocycles. The summed E-state index contributed by atoms with van der Waals surface area (Å²) in [6.07, 6.45) is 5.30. The van der Waals surface area contributed by atoms with Gasteiger partial charge in [0.25, 0.3) is 0 Å². The van der Waals surface area contributed by atoms with E-state index in [1.54, 1.807) is 6.20 Å². The number of anilines is 3. The highest BCUT2D eigenvalue weighted by Gasteiger charge is 2.18. The molecule has 0 fully saturated rings. The van der Waals surface area contributed by atoms with Crippen LogP contribution in [0, 0.1) is 0 Å². The van der Waals surface area contributed by atoms with Gasteiger partial charge < -0.3 is 10.6 Å². The third-order valence-corrected chi connectivity index (χ3v) is 3.47. The number of hydrogen-bond donors (Lipinski definition) is 1. The van der Waals surface area contributed by atoms with E-state index in [4.69, 9.17) is 5.73 Å². The molecule has 0 unspecified atom stereocenters. The van der Waals surface area contributed by atoms with Crippen LogP contribution in [0.5, 0.6) is 0 Å². The van der Waals surface area contributed by atoms with Crippen LogP contribution < -0.4 is 10.6 Å². The first-order valence-corrected chi connectivity index (χ1v) is 6.42. The predicted molar refractivity (Wildman–Crippen MR) is 75.0 cm³/mol. The fourth-order valence-electron chi connectivity index (χ4n) is 2.58. The molecule has 1 aromatic heterocycles. The van der Waals surface area contributed by atoms with Crippen LogP contribution in [-0.2, 0) is 6.42 Å². The average molecular weight is 239 g/mol. The van der Waals surface area contributed by atoms with Crippen molar-refractivity contribution in [2.24, 2.45) is 0 Å². The van der Waals surface area contributed by atoms with Gasteiger partial charge in [-0.15, -0.1) is 0 Å². The summed E-state index contributed by atoms with van der Waals surface area (Å²) in [7, 11) is 0. The molecule has 3 heteroatoms. The van der Waals surface area contributed by atoms with Gasteiger partial charge in [-0.1, -0.05) is 18.2 Å². The molecule has 0 atom stereocenters. The molecule has 0 radical (unpaired) electrons. The molecule has 0 saturated heterocycles. The Balaban J connectivity index is 2.10. The molecule has 2 aromatic rings. The van der Waals surface area contributed by atoms with E-state index in [9.17, 15) is 0 Å². The Morgan fingerprint density at radius 3 is 2.72 bits per heavy atom. The number of hydrogen-bond acceptors (Lipinski definition) is 3. The van der Waals surface area contributed by atoms with Crippen molar-refractivity contribution < 1.29 is 0 Å². The summed E-state index contributed by atoms with van der Waals surface area (Å²) in [4.78, 5) is 6.49. The maximum absolute atomic E-state index is 6.01. The third-order valence-electron chi connectivity index (χ3n) is 3.47. The minimum atomic E-state index is 0.606. The lowest BCUT2D eigenvalue weighted by atomic mass is 10.1. The van der Waals surface area contributed by atoms with Gasteiger partial charge in [-0.25, -0.2) is 4.98 Å². The van der Waals surface area contributed by atoms with Crippen LogP contribution in [0.1, 0.15) is 18.4 Å². The second kappa shape index (κ2) is 4.69. The van der Waals surface area contributed by atoms with E-state index in [1.165, 1.54) is 24.1 Å². The molecule has 2 heterocycles. The van der Waals surface area contributed by atoms with Gasteiger partial charge in [0.05, 0.1) is 5.69 Å². The summed E-state index contributed by atoms with van der Waals surface area (Å²) in [5.41, 5.74) is 9.70. The number of nitrogens with two attached hydrogens (primary N) is 1. The maximum atomic E-state index is 6.01. The van der Waals surface area contributed by atoms with Crippen molar-refractivity contribution in [3.63, 3.8) is 0 Å². The number of benzene rings is 1. The Morgan fingerprint density at radius 1 is 1.00 bits per heavy atom. The second-order valence-corrected chi connectivity index (χ2v) is 4.65. The van der Waals surface area contributed by atoms with Crippen LogP contribution in [0.25, 0.3) is 0 Å². The molecule has 1 aromatic carbocycles. The average Bonchev–Trinajstić information content (AvgIpc) is 2.62. The molecule has 0 amide bonds. The highest BCUT2D eigenvalue weighted by atomic mass is 15.2. The number of aromatic nitrogens is 1. The molecular formula is C15H17N3. The number of nitrogen functional groups attached to an aromatic ring is 1. The van der Waals surface area contributed by atoms with Gasteiger partial charge in [0, 0.05) is 18.4 Å². The van der Waals surface area contributed by atoms with Gasteiger partial charge in [0.15, 0.2) is 0 Å². The summed E-state index contributed by atoms with van der Waals surface area (Å²) in [5, 5.41) is 0. The lowest BCUT2D eigenvalue weighted by Gasteiger charge is -2.25. The molecule has 0 bridgehead atoms. The van der Waals surface area contributed by atoms with E-state index in [2.05, 4.69) is 34.1 Å². The Kier molecular flexibility index (Phi) is 2.89. The highest BCUT2D eigenvalue weighted by Crippen LogP contribution is 2.34. The SMILES string of the molecule is Nc1ncccc1N1CCCCc2ccccc21. The number of aryl methyl sites for hydroxylation is 1. The molecular weight excluding hydrogens is 222 g/mol. The molecule has 18 heavy (non-hydrogen) atoms. The van der Waals surface area contributed by atoms with Crippen molar-refractivity contribution in [1.29, 1.82) is 0 Å². The van der Waals surface area contributed by atoms with Crippen molar-refractivity contribution in [3.8, 4) is 0 Å². The summed E-state index contributed by atoms with van der Waals surface area (Å²) in [5.74, 6) is 0.606. The number of para-hydroxylation sites is 1. The summed E-state index contributed by atoms with van der Waals surface area (Å²) < 4.78 is 0. The molecule has 92 valence electrons. The first kappa shape index (κ1) is 11.1. The normalized spacial score (nSPS) is 15.0. The highest BCUT2D eigenvalue weighted by molar-refractivity contribution is 5.74. The van der Waals surface area contributed by atoms with Crippen LogP contribution in [0.4, 0.5) is 17.2 Å². The van der Waals surface area contributed by atoms with Gasteiger partial charge in [0.2, 0.25) is 0 Å². The minimum Gasteiger partial charge on any atom is -0.382 e. The van der Waals surface area contributed by atoms with E-state index in [0.717, 1.165) is 18.7 Å². The van der Waals surface area contributed by atoms with Gasteiger partial charge in [0.1, 0.15) is 5.82 Å². The smallest absolute Gasteiger partial charge is 0.147 e. The minimum absolute atomic E-state index is 0.606.